The fraction of sp³-hybridized carbons (Fsp3) is 0.417. The molecule has 0 N–H and O–H groups in total. The predicted octanol–water partition coefficient (Wildman–Crippen LogP) is 3.73. The molecule has 0 fully saturated rings. The third-order valence-electron chi connectivity index (χ3n) is 2.75. The Bertz CT molecular complexity index is 465. The van der Waals surface area contributed by atoms with Crippen molar-refractivity contribution in [2.24, 2.45) is 5.92 Å². The number of carbonyl (C=O) groups excluding carboxylic acids is 1. The number of halogens is 2. The third kappa shape index (κ3) is 3.78. The van der Waals surface area contributed by atoms with E-state index in [-0.39, 0.29) is 17.4 Å². The summed E-state index contributed by atoms with van der Waals surface area (Å²) in [5.41, 5.74) is 0.773. The number of nitro groups is 1. The van der Waals surface area contributed by atoms with Gasteiger partial charge in [0.05, 0.1) is 9.40 Å². The molecule has 18 heavy (non-hydrogen) atoms. The molecule has 1 aromatic carbocycles. The maximum atomic E-state index is 11.5. The van der Waals surface area contributed by atoms with Crippen molar-refractivity contribution in [2.75, 3.05) is 5.88 Å². The van der Waals surface area contributed by atoms with E-state index in [1.807, 2.05) is 0 Å². The number of nitro benzene ring substituents is 1. The van der Waals surface area contributed by atoms with Crippen molar-refractivity contribution in [3.8, 4) is 0 Å². The predicted molar refractivity (Wildman–Crippen MR) is 74.0 cm³/mol. The van der Waals surface area contributed by atoms with E-state index in [0.29, 0.717) is 23.2 Å². The SMILES string of the molecule is CC(=O)C(CCCl)Cc1cccc([N+](=O)[O-])c1Br. The van der Waals surface area contributed by atoms with Crippen LogP contribution in [0.5, 0.6) is 0 Å². The van der Waals surface area contributed by atoms with Crippen molar-refractivity contribution in [2.45, 2.75) is 19.8 Å². The van der Waals surface area contributed by atoms with Gasteiger partial charge in [-0.15, -0.1) is 11.6 Å². The number of alkyl halides is 1. The summed E-state index contributed by atoms with van der Waals surface area (Å²) in [6.45, 7) is 1.52. The maximum Gasteiger partial charge on any atom is 0.283 e. The summed E-state index contributed by atoms with van der Waals surface area (Å²) in [5, 5.41) is 10.8. The molecule has 0 radical (unpaired) electrons. The normalized spacial score (nSPS) is 12.2. The van der Waals surface area contributed by atoms with E-state index in [4.69, 9.17) is 11.6 Å². The van der Waals surface area contributed by atoms with Gasteiger partial charge in [0.15, 0.2) is 0 Å². The maximum absolute atomic E-state index is 11.5. The van der Waals surface area contributed by atoms with Crippen LogP contribution in [0.15, 0.2) is 22.7 Å². The van der Waals surface area contributed by atoms with Gasteiger partial charge in [0.2, 0.25) is 0 Å². The lowest BCUT2D eigenvalue weighted by atomic mass is 9.93. The van der Waals surface area contributed by atoms with Gasteiger partial charge in [-0.3, -0.25) is 14.9 Å². The van der Waals surface area contributed by atoms with E-state index >= 15 is 0 Å². The first-order chi connectivity index (χ1) is 8.47. The second kappa shape index (κ2) is 6.85. The van der Waals surface area contributed by atoms with Crippen LogP contribution in [0.1, 0.15) is 18.9 Å². The lowest BCUT2D eigenvalue weighted by Gasteiger charge is -2.13. The van der Waals surface area contributed by atoms with Crippen LogP contribution >= 0.6 is 27.5 Å². The molecule has 0 saturated heterocycles. The molecule has 1 atom stereocenters. The minimum absolute atomic E-state index is 0.0145. The monoisotopic (exact) mass is 333 g/mol. The van der Waals surface area contributed by atoms with Crippen LogP contribution in [-0.2, 0) is 11.2 Å². The van der Waals surface area contributed by atoms with Crippen LogP contribution < -0.4 is 0 Å². The van der Waals surface area contributed by atoms with Crippen molar-refractivity contribution < 1.29 is 9.72 Å². The van der Waals surface area contributed by atoms with Crippen LogP contribution in [0.3, 0.4) is 0 Å². The van der Waals surface area contributed by atoms with Gasteiger partial charge in [-0.2, -0.15) is 0 Å². The Morgan fingerprint density at radius 2 is 2.22 bits per heavy atom. The van der Waals surface area contributed by atoms with E-state index in [9.17, 15) is 14.9 Å². The molecule has 0 amide bonds. The summed E-state index contributed by atoms with van der Waals surface area (Å²) >= 11 is 8.88. The number of Topliss-reactive ketones (excluding diaryl/α,β-unsaturated/α-hetero) is 1. The number of hydrogen-bond acceptors (Lipinski definition) is 3. The van der Waals surface area contributed by atoms with Crippen molar-refractivity contribution in [3.05, 3.63) is 38.3 Å². The second-order valence-electron chi connectivity index (χ2n) is 4.00. The summed E-state index contributed by atoms with van der Waals surface area (Å²) in [6, 6.07) is 4.83. The van der Waals surface area contributed by atoms with Crippen LogP contribution in [0.2, 0.25) is 0 Å². The van der Waals surface area contributed by atoms with E-state index in [1.165, 1.54) is 13.0 Å². The molecular weight excluding hydrogens is 321 g/mol. The zero-order valence-electron chi connectivity index (χ0n) is 9.86. The molecule has 0 aliphatic heterocycles. The highest BCUT2D eigenvalue weighted by Crippen LogP contribution is 2.30. The van der Waals surface area contributed by atoms with Crippen LogP contribution in [0.4, 0.5) is 5.69 Å². The fourth-order valence-electron chi connectivity index (χ4n) is 1.71. The minimum Gasteiger partial charge on any atom is -0.300 e. The highest BCUT2D eigenvalue weighted by Gasteiger charge is 2.20. The number of carbonyl (C=O) groups is 1. The molecular formula is C12H13BrClNO3. The van der Waals surface area contributed by atoms with E-state index in [0.717, 1.165) is 5.56 Å². The molecule has 6 heteroatoms. The number of nitrogens with zero attached hydrogens (tertiary/aromatic N) is 1. The lowest BCUT2D eigenvalue weighted by molar-refractivity contribution is -0.385. The van der Waals surface area contributed by atoms with Crippen molar-refractivity contribution >= 4 is 39.0 Å². The summed E-state index contributed by atoms with van der Waals surface area (Å²) in [7, 11) is 0. The highest BCUT2D eigenvalue weighted by atomic mass is 79.9. The van der Waals surface area contributed by atoms with Crippen molar-refractivity contribution in [1.82, 2.24) is 0 Å². The molecule has 1 rings (SSSR count). The van der Waals surface area contributed by atoms with Gasteiger partial charge in [0.25, 0.3) is 5.69 Å². The molecule has 0 heterocycles. The standard InChI is InChI=1S/C12H13BrClNO3/c1-8(16)9(5-6-14)7-10-3-2-4-11(12(10)13)15(17)18/h2-4,9H,5-7H2,1H3. The first-order valence-electron chi connectivity index (χ1n) is 5.45. The van der Waals surface area contributed by atoms with Crippen LogP contribution in [-0.4, -0.2) is 16.6 Å². The van der Waals surface area contributed by atoms with E-state index in [2.05, 4.69) is 15.9 Å². The Kier molecular flexibility index (Phi) is 5.75. The lowest BCUT2D eigenvalue weighted by Crippen LogP contribution is -2.15. The Morgan fingerprint density at radius 1 is 1.56 bits per heavy atom. The molecule has 0 bridgehead atoms. The average Bonchev–Trinajstić information content (AvgIpc) is 2.30. The highest BCUT2D eigenvalue weighted by molar-refractivity contribution is 9.10. The summed E-state index contributed by atoms with van der Waals surface area (Å²) < 4.78 is 0.441. The third-order valence-corrected chi connectivity index (χ3v) is 3.89. The van der Waals surface area contributed by atoms with Crippen molar-refractivity contribution in [1.29, 1.82) is 0 Å². The Labute approximate surface area is 119 Å². The average molecular weight is 335 g/mol. The van der Waals surface area contributed by atoms with E-state index < -0.39 is 4.92 Å². The zero-order chi connectivity index (χ0) is 13.7. The molecule has 0 aliphatic carbocycles. The number of ketones is 1. The summed E-state index contributed by atoms with van der Waals surface area (Å²) in [6.07, 6.45) is 1.04. The van der Waals surface area contributed by atoms with Gasteiger partial charge < -0.3 is 0 Å². The fourth-order valence-corrected chi connectivity index (χ4v) is 2.55. The van der Waals surface area contributed by atoms with Gasteiger partial charge in [-0.05, 0) is 41.3 Å². The van der Waals surface area contributed by atoms with Gasteiger partial charge in [0.1, 0.15) is 5.78 Å². The Morgan fingerprint density at radius 3 is 2.72 bits per heavy atom. The zero-order valence-corrected chi connectivity index (χ0v) is 12.2. The molecule has 0 aromatic heterocycles. The number of benzene rings is 1. The molecule has 0 saturated carbocycles. The summed E-state index contributed by atoms with van der Waals surface area (Å²) in [4.78, 5) is 21.8. The Hall–Kier alpha value is -0.940. The Balaban J connectivity index is 2.99. The first kappa shape index (κ1) is 15.1. The van der Waals surface area contributed by atoms with Gasteiger partial charge in [0, 0.05) is 17.9 Å². The minimum atomic E-state index is -0.447. The molecule has 4 nitrogen and oxygen atoms in total. The molecule has 98 valence electrons. The first-order valence-corrected chi connectivity index (χ1v) is 6.78. The smallest absolute Gasteiger partial charge is 0.283 e. The van der Waals surface area contributed by atoms with Gasteiger partial charge in [-0.1, -0.05) is 12.1 Å². The van der Waals surface area contributed by atoms with Crippen molar-refractivity contribution in [3.63, 3.8) is 0 Å². The van der Waals surface area contributed by atoms with Gasteiger partial charge >= 0.3 is 0 Å². The summed E-state index contributed by atoms with van der Waals surface area (Å²) in [5.74, 6) is 0.256. The second-order valence-corrected chi connectivity index (χ2v) is 5.17. The number of hydrogen-bond donors (Lipinski definition) is 0. The quantitative estimate of drug-likeness (QED) is 0.452. The largest absolute Gasteiger partial charge is 0.300 e. The molecule has 1 aromatic rings. The van der Waals surface area contributed by atoms with Gasteiger partial charge in [-0.25, -0.2) is 0 Å². The molecule has 0 spiro atoms. The van der Waals surface area contributed by atoms with Crippen LogP contribution in [0, 0.1) is 16.0 Å². The molecule has 0 aliphatic rings. The topological polar surface area (TPSA) is 60.2 Å². The molecule has 1 unspecified atom stereocenters. The van der Waals surface area contributed by atoms with E-state index in [1.54, 1.807) is 12.1 Å². The van der Waals surface area contributed by atoms with Crippen LogP contribution in [0.25, 0.3) is 0 Å². The number of rotatable bonds is 6.